The second-order valence-corrected chi connectivity index (χ2v) is 2.36. The fraction of sp³-hybridized carbons (Fsp3) is 0. The lowest BCUT2D eigenvalue weighted by Gasteiger charge is -2.11. The van der Waals surface area contributed by atoms with Crippen molar-refractivity contribution >= 4 is 11.6 Å². The first-order chi connectivity index (χ1) is 6.02. The number of nitrogens with one attached hydrogen (secondary N) is 1. The van der Waals surface area contributed by atoms with Gasteiger partial charge in [0.05, 0.1) is 0 Å². The molecule has 1 amide bonds. The number of rotatable bonds is 2. The van der Waals surface area contributed by atoms with E-state index < -0.39 is 22.6 Å². The normalized spacial score (nSPS) is 12.5. The van der Waals surface area contributed by atoms with E-state index in [0.29, 0.717) is 0 Å². The maximum atomic E-state index is 12.9. The van der Waals surface area contributed by atoms with Crippen LogP contribution < -0.4 is 11.0 Å². The lowest BCUT2D eigenvalue weighted by molar-refractivity contribution is -0.992. The molecule has 0 aliphatic rings. The first kappa shape index (κ1) is 9.59. The van der Waals surface area contributed by atoms with Crippen LogP contribution in [0.15, 0.2) is 18.2 Å². The van der Waals surface area contributed by atoms with Gasteiger partial charge in [0.15, 0.2) is 11.5 Å². The van der Waals surface area contributed by atoms with Crippen LogP contribution in [0, 0.1) is 11.0 Å². The average Bonchev–Trinajstić information content (AvgIpc) is 2.03. The van der Waals surface area contributed by atoms with Crippen LogP contribution in [0.25, 0.3) is 0 Å². The molecule has 4 N–H and O–H groups in total. The molecular formula is C7H7FN2O3. The molecule has 0 aliphatic carbocycles. The molecule has 0 saturated heterocycles. The summed E-state index contributed by atoms with van der Waals surface area (Å²) in [6.45, 7) is 0. The molecule has 1 atom stereocenters. The van der Waals surface area contributed by atoms with Crippen LogP contribution in [-0.2, 0) is 0 Å². The second-order valence-electron chi connectivity index (χ2n) is 2.36. The second kappa shape index (κ2) is 3.48. The monoisotopic (exact) mass is 186 g/mol. The van der Waals surface area contributed by atoms with E-state index in [4.69, 9.17) is 10.9 Å². The van der Waals surface area contributed by atoms with Gasteiger partial charge in [-0.25, -0.2) is 9.60 Å². The van der Waals surface area contributed by atoms with Gasteiger partial charge in [0.2, 0.25) is 5.91 Å². The molecule has 0 saturated carbocycles. The van der Waals surface area contributed by atoms with E-state index in [1.807, 2.05) is 0 Å². The van der Waals surface area contributed by atoms with Crippen molar-refractivity contribution in [3.8, 4) is 0 Å². The van der Waals surface area contributed by atoms with Crippen LogP contribution in [0.2, 0.25) is 0 Å². The number of amides is 1. The Bertz CT molecular complexity index is 341. The molecule has 0 heterocycles. The molecule has 0 radical (unpaired) electrons. The molecule has 0 bridgehead atoms. The van der Waals surface area contributed by atoms with Crippen molar-refractivity contribution in [2.45, 2.75) is 0 Å². The summed E-state index contributed by atoms with van der Waals surface area (Å²) in [6, 6.07) is 2.96. The zero-order chi connectivity index (χ0) is 10.0. The largest absolute Gasteiger partial charge is 0.595 e. The number of halogens is 1. The molecule has 0 aromatic heterocycles. The number of carbonyl (C=O) groups is 1. The van der Waals surface area contributed by atoms with Gasteiger partial charge < -0.3 is 10.9 Å². The Labute approximate surface area is 72.7 Å². The van der Waals surface area contributed by atoms with Gasteiger partial charge in [-0.3, -0.25) is 4.79 Å². The molecule has 1 aromatic carbocycles. The molecule has 70 valence electrons. The van der Waals surface area contributed by atoms with Crippen molar-refractivity contribution in [1.29, 1.82) is 0 Å². The molecule has 1 unspecified atom stereocenters. The Kier molecular flexibility index (Phi) is 2.57. The minimum atomic E-state index is -1.38. The Hall–Kier alpha value is -1.50. The van der Waals surface area contributed by atoms with Gasteiger partial charge in [0, 0.05) is 11.6 Å². The Balaban J connectivity index is 3.13. The van der Waals surface area contributed by atoms with Crippen molar-refractivity contribution in [2.75, 3.05) is 0 Å². The fourth-order valence-electron chi connectivity index (χ4n) is 0.842. The van der Waals surface area contributed by atoms with Crippen molar-refractivity contribution in [3.05, 3.63) is 34.8 Å². The SMILES string of the molecule is NC(=O)c1ccc([NH+]([O-])O)c(F)c1. The van der Waals surface area contributed by atoms with E-state index in [9.17, 15) is 14.4 Å². The lowest BCUT2D eigenvalue weighted by atomic mass is 10.2. The third kappa shape index (κ3) is 2.00. The van der Waals surface area contributed by atoms with E-state index in [1.165, 1.54) is 0 Å². The van der Waals surface area contributed by atoms with E-state index >= 15 is 0 Å². The number of carbonyl (C=O) groups excluding carboxylic acids is 1. The van der Waals surface area contributed by atoms with Gasteiger partial charge in [-0.15, -0.1) is 0 Å². The summed E-state index contributed by atoms with van der Waals surface area (Å²) < 4.78 is 12.9. The van der Waals surface area contributed by atoms with E-state index in [2.05, 4.69) is 0 Å². The highest BCUT2D eigenvalue weighted by atomic mass is 19.1. The highest BCUT2D eigenvalue weighted by molar-refractivity contribution is 5.92. The van der Waals surface area contributed by atoms with Gasteiger partial charge in [-0.1, -0.05) is 0 Å². The quantitative estimate of drug-likeness (QED) is 0.535. The number of hydrogen-bond donors (Lipinski definition) is 3. The Morgan fingerprint density at radius 2 is 2.23 bits per heavy atom. The van der Waals surface area contributed by atoms with Gasteiger partial charge in [-0.05, 0) is 12.1 Å². The number of hydrogen-bond acceptors (Lipinski definition) is 3. The first-order valence-corrected chi connectivity index (χ1v) is 3.35. The van der Waals surface area contributed by atoms with Crippen molar-refractivity contribution in [2.24, 2.45) is 5.73 Å². The van der Waals surface area contributed by atoms with Crippen molar-refractivity contribution in [1.82, 2.24) is 0 Å². The molecule has 1 rings (SSSR count). The summed E-state index contributed by atoms with van der Waals surface area (Å²) in [5, 5.41) is 17.4. The molecule has 13 heavy (non-hydrogen) atoms. The predicted octanol–water partition coefficient (Wildman–Crippen LogP) is -0.672. The summed E-state index contributed by atoms with van der Waals surface area (Å²) in [5.41, 5.74) is 4.32. The number of quaternary nitrogens is 1. The first-order valence-electron chi connectivity index (χ1n) is 3.35. The topological polar surface area (TPSA) is 90.8 Å². The fourth-order valence-corrected chi connectivity index (χ4v) is 0.842. The summed E-state index contributed by atoms with van der Waals surface area (Å²) in [4.78, 5) is 10.5. The Morgan fingerprint density at radius 1 is 1.62 bits per heavy atom. The van der Waals surface area contributed by atoms with E-state index in [1.54, 1.807) is 0 Å². The lowest BCUT2D eigenvalue weighted by Crippen LogP contribution is -2.99. The molecular weight excluding hydrogens is 179 g/mol. The van der Waals surface area contributed by atoms with Crippen LogP contribution in [-0.4, -0.2) is 11.1 Å². The number of primary amides is 1. The summed E-state index contributed by atoms with van der Waals surface area (Å²) in [5.74, 6) is -1.76. The maximum absolute atomic E-state index is 12.9. The van der Waals surface area contributed by atoms with Crippen LogP contribution in [0.3, 0.4) is 0 Å². The highest BCUT2D eigenvalue weighted by Gasteiger charge is 2.11. The van der Waals surface area contributed by atoms with Crippen LogP contribution in [0.4, 0.5) is 10.1 Å². The third-order valence-electron chi connectivity index (χ3n) is 1.48. The predicted molar refractivity (Wildman–Crippen MR) is 40.7 cm³/mol. The molecule has 0 fully saturated rings. The van der Waals surface area contributed by atoms with Crippen molar-refractivity contribution < 1.29 is 19.6 Å². The Morgan fingerprint density at radius 3 is 2.62 bits per heavy atom. The smallest absolute Gasteiger partial charge is 0.248 e. The zero-order valence-corrected chi connectivity index (χ0v) is 6.45. The van der Waals surface area contributed by atoms with Gasteiger partial charge >= 0.3 is 0 Å². The zero-order valence-electron chi connectivity index (χ0n) is 6.45. The highest BCUT2D eigenvalue weighted by Crippen LogP contribution is 2.10. The van der Waals surface area contributed by atoms with Crippen LogP contribution in [0.1, 0.15) is 10.4 Å². The van der Waals surface area contributed by atoms with Gasteiger partial charge in [-0.2, -0.15) is 5.23 Å². The van der Waals surface area contributed by atoms with Crippen LogP contribution in [0.5, 0.6) is 0 Å². The number of benzene rings is 1. The average molecular weight is 186 g/mol. The summed E-state index contributed by atoms with van der Waals surface area (Å²) in [6.07, 6.45) is 0. The van der Waals surface area contributed by atoms with Gasteiger partial charge in [0.25, 0.3) is 0 Å². The molecule has 0 spiro atoms. The van der Waals surface area contributed by atoms with Gasteiger partial charge in [0.1, 0.15) is 0 Å². The minimum absolute atomic E-state index is 0.0532. The maximum Gasteiger partial charge on any atom is 0.248 e. The summed E-state index contributed by atoms with van der Waals surface area (Å²) >= 11 is 0. The minimum Gasteiger partial charge on any atom is -0.595 e. The molecule has 1 aromatic rings. The molecule has 0 aliphatic heterocycles. The van der Waals surface area contributed by atoms with E-state index in [0.717, 1.165) is 18.2 Å². The molecule has 5 nitrogen and oxygen atoms in total. The number of nitrogens with two attached hydrogens (primary N) is 1. The standard InChI is InChI=1S/C7H7FN2O3/c8-5-3-4(7(9)11)1-2-6(5)10(12)13/h1-3,10,12H,(H2,9,11). The summed E-state index contributed by atoms with van der Waals surface area (Å²) in [7, 11) is 0. The van der Waals surface area contributed by atoms with E-state index in [-0.39, 0.29) is 5.56 Å². The molecule has 6 heteroatoms. The van der Waals surface area contributed by atoms with Crippen LogP contribution >= 0.6 is 0 Å². The third-order valence-corrected chi connectivity index (χ3v) is 1.48. The van der Waals surface area contributed by atoms with Crippen molar-refractivity contribution in [3.63, 3.8) is 0 Å².